The van der Waals surface area contributed by atoms with Crippen LogP contribution in [0.4, 0.5) is 5.69 Å². The fourth-order valence-electron chi connectivity index (χ4n) is 1.36. The van der Waals surface area contributed by atoms with Crippen LogP contribution >= 0.6 is 0 Å². The molecule has 1 aliphatic heterocycles. The van der Waals surface area contributed by atoms with Crippen molar-refractivity contribution in [2.75, 3.05) is 5.32 Å². The topological polar surface area (TPSA) is 84.3 Å². The molecule has 6 nitrogen and oxygen atoms in total. The van der Waals surface area contributed by atoms with Gasteiger partial charge in [0, 0.05) is 0 Å². The van der Waals surface area contributed by atoms with Crippen LogP contribution < -0.4 is 5.32 Å². The number of nitrogens with one attached hydrogen (secondary N) is 1. The van der Waals surface area contributed by atoms with E-state index >= 15 is 0 Å². The third-order valence-electron chi connectivity index (χ3n) is 2.03. The van der Waals surface area contributed by atoms with E-state index in [0.717, 1.165) is 6.34 Å². The van der Waals surface area contributed by atoms with Crippen LogP contribution in [0.25, 0.3) is 0 Å². The second-order valence-electron chi connectivity index (χ2n) is 3.45. The van der Waals surface area contributed by atoms with Gasteiger partial charge in [-0.2, -0.15) is 8.42 Å². The molecule has 7 heteroatoms. The smallest absolute Gasteiger partial charge is 0.303 e. The fraction of sp³-hybridized carbons (Fsp3) is 0.375. The molecule has 0 unspecified atom stereocenters. The van der Waals surface area contributed by atoms with Crippen LogP contribution in [0.5, 0.6) is 0 Å². The molecule has 0 aliphatic carbocycles. The minimum atomic E-state index is -3.64. The van der Waals surface area contributed by atoms with Gasteiger partial charge in [-0.05, 0) is 5.92 Å². The number of nitrogens with zero attached hydrogens (tertiary/aromatic N) is 3. The lowest BCUT2D eigenvalue weighted by Crippen LogP contribution is -2.16. The zero-order valence-electron chi connectivity index (χ0n) is 8.30. The summed E-state index contributed by atoms with van der Waals surface area (Å²) in [5, 5.41) is 2.72. The van der Waals surface area contributed by atoms with Crippen molar-refractivity contribution in [1.29, 1.82) is 0 Å². The Kier molecular flexibility index (Phi) is 2.18. The molecule has 0 saturated carbocycles. The summed E-state index contributed by atoms with van der Waals surface area (Å²) in [7, 11) is -3.64. The molecule has 2 heterocycles. The highest BCUT2D eigenvalue weighted by atomic mass is 32.2. The lowest BCUT2D eigenvalue weighted by Gasteiger charge is -2.15. The first-order valence-electron chi connectivity index (χ1n) is 4.42. The van der Waals surface area contributed by atoms with E-state index in [1.165, 1.54) is 6.33 Å². The van der Waals surface area contributed by atoms with Crippen molar-refractivity contribution in [2.24, 2.45) is 4.40 Å². The van der Waals surface area contributed by atoms with Crippen molar-refractivity contribution in [1.82, 2.24) is 9.97 Å². The summed E-state index contributed by atoms with van der Waals surface area (Å²) in [6, 6.07) is 0. The molecule has 2 rings (SSSR count). The highest BCUT2D eigenvalue weighted by molar-refractivity contribution is 7.90. The van der Waals surface area contributed by atoms with Gasteiger partial charge in [-0.3, -0.25) is 0 Å². The maximum Gasteiger partial charge on any atom is 0.303 e. The maximum atomic E-state index is 11.5. The van der Waals surface area contributed by atoms with E-state index in [2.05, 4.69) is 19.7 Å². The molecule has 15 heavy (non-hydrogen) atoms. The van der Waals surface area contributed by atoms with Gasteiger partial charge in [0.1, 0.15) is 18.4 Å². The van der Waals surface area contributed by atoms with Gasteiger partial charge in [0.2, 0.25) is 5.03 Å². The number of aromatic nitrogens is 2. The molecular formula is C8H10N4O2S. The Labute approximate surface area is 87.5 Å². The Balaban J connectivity index is 2.71. The highest BCUT2D eigenvalue weighted by Gasteiger charge is 2.26. The molecule has 1 aromatic heterocycles. The molecule has 0 fully saturated rings. The normalized spacial score (nSPS) is 17.3. The maximum absolute atomic E-state index is 11.5. The number of sulfonamides is 1. The van der Waals surface area contributed by atoms with E-state index in [-0.39, 0.29) is 10.9 Å². The van der Waals surface area contributed by atoms with Crippen LogP contribution in [0, 0.1) is 0 Å². The molecule has 0 radical (unpaired) electrons. The number of hydrogen-bond donors (Lipinski definition) is 1. The Morgan fingerprint density at radius 3 is 2.73 bits per heavy atom. The molecule has 1 aromatic rings. The van der Waals surface area contributed by atoms with Crippen LogP contribution in [-0.2, 0) is 10.0 Å². The monoisotopic (exact) mass is 226 g/mol. The van der Waals surface area contributed by atoms with Crippen LogP contribution in [0.1, 0.15) is 25.5 Å². The van der Waals surface area contributed by atoms with E-state index in [1.54, 1.807) is 0 Å². The van der Waals surface area contributed by atoms with Gasteiger partial charge in [-0.1, -0.05) is 13.8 Å². The molecule has 0 bridgehead atoms. The number of anilines is 1. The number of fused-ring (bicyclic) bond motifs is 1. The van der Waals surface area contributed by atoms with Crippen LogP contribution in [0.2, 0.25) is 0 Å². The minimum absolute atomic E-state index is 0.0521. The molecule has 80 valence electrons. The number of rotatable bonds is 1. The van der Waals surface area contributed by atoms with Gasteiger partial charge in [-0.15, -0.1) is 4.40 Å². The summed E-state index contributed by atoms with van der Waals surface area (Å²) < 4.78 is 26.4. The van der Waals surface area contributed by atoms with Gasteiger partial charge < -0.3 is 5.32 Å². The average molecular weight is 226 g/mol. The quantitative estimate of drug-likeness (QED) is 0.714. The molecule has 1 N–H and O–H groups in total. The SMILES string of the molecule is CC(C)c1ncnc2c1NC=NS2(=O)=O. The Bertz CT molecular complexity index is 521. The molecular weight excluding hydrogens is 216 g/mol. The average Bonchev–Trinajstić information content (AvgIpc) is 2.16. The van der Waals surface area contributed by atoms with Crippen molar-refractivity contribution < 1.29 is 8.42 Å². The van der Waals surface area contributed by atoms with Gasteiger partial charge >= 0.3 is 10.0 Å². The second-order valence-corrected chi connectivity index (χ2v) is 5.00. The van der Waals surface area contributed by atoms with E-state index in [4.69, 9.17) is 0 Å². The van der Waals surface area contributed by atoms with E-state index in [9.17, 15) is 8.42 Å². The van der Waals surface area contributed by atoms with Crippen molar-refractivity contribution in [3.63, 3.8) is 0 Å². The summed E-state index contributed by atoms with van der Waals surface area (Å²) in [4.78, 5) is 7.80. The Hall–Kier alpha value is -1.50. The third-order valence-corrected chi connectivity index (χ3v) is 3.21. The first kappa shape index (κ1) is 10.0. The Morgan fingerprint density at radius 1 is 1.33 bits per heavy atom. The molecule has 1 aliphatic rings. The fourth-order valence-corrected chi connectivity index (χ4v) is 2.25. The molecule has 0 amide bonds. The molecule has 0 saturated heterocycles. The third kappa shape index (κ3) is 1.58. The largest absolute Gasteiger partial charge is 0.342 e. The van der Waals surface area contributed by atoms with E-state index in [0.29, 0.717) is 11.4 Å². The number of hydrogen-bond acceptors (Lipinski definition) is 5. The van der Waals surface area contributed by atoms with Crippen LogP contribution in [0.15, 0.2) is 15.8 Å². The zero-order valence-corrected chi connectivity index (χ0v) is 9.11. The van der Waals surface area contributed by atoms with E-state index in [1.807, 2.05) is 13.8 Å². The highest BCUT2D eigenvalue weighted by Crippen LogP contribution is 2.29. The summed E-state index contributed by atoms with van der Waals surface area (Å²) in [6.07, 6.45) is 2.39. The second kappa shape index (κ2) is 3.27. The standard InChI is InChI=1S/C8H10N4O2S/c1-5(2)6-7-8(11-3-9-6)15(13,14)12-4-10-7/h3-5H,1-2H3,(H,10,12). The van der Waals surface area contributed by atoms with Crippen LogP contribution in [0.3, 0.4) is 0 Å². The zero-order chi connectivity index (χ0) is 11.1. The lowest BCUT2D eigenvalue weighted by molar-refractivity contribution is 0.593. The van der Waals surface area contributed by atoms with Crippen molar-refractivity contribution in [3.05, 3.63) is 12.0 Å². The van der Waals surface area contributed by atoms with Crippen molar-refractivity contribution in [2.45, 2.75) is 24.8 Å². The molecule has 0 atom stereocenters. The predicted molar refractivity (Wildman–Crippen MR) is 55.4 cm³/mol. The first-order valence-corrected chi connectivity index (χ1v) is 5.86. The van der Waals surface area contributed by atoms with Gasteiger partial charge in [0.25, 0.3) is 0 Å². The van der Waals surface area contributed by atoms with Gasteiger partial charge in [0.15, 0.2) is 0 Å². The predicted octanol–water partition coefficient (Wildman–Crippen LogP) is 0.742. The summed E-state index contributed by atoms with van der Waals surface area (Å²) in [5.74, 6) is 0.121. The molecule has 0 aromatic carbocycles. The summed E-state index contributed by atoms with van der Waals surface area (Å²) in [6.45, 7) is 3.87. The lowest BCUT2D eigenvalue weighted by atomic mass is 10.1. The first-order chi connectivity index (χ1) is 7.02. The summed E-state index contributed by atoms with van der Waals surface area (Å²) >= 11 is 0. The van der Waals surface area contributed by atoms with Gasteiger partial charge in [0.05, 0.1) is 5.69 Å². The minimum Gasteiger partial charge on any atom is -0.342 e. The van der Waals surface area contributed by atoms with E-state index < -0.39 is 10.0 Å². The van der Waals surface area contributed by atoms with Crippen LogP contribution in [-0.4, -0.2) is 24.7 Å². The van der Waals surface area contributed by atoms with Crippen molar-refractivity contribution >= 4 is 22.0 Å². The van der Waals surface area contributed by atoms with Gasteiger partial charge in [-0.25, -0.2) is 9.97 Å². The molecule has 0 spiro atoms. The Morgan fingerprint density at radius 2 is 2.07 bits per heavy atom. The van der Waals surface area contributed by atoms with Crippen molar-refractivity contribution in [3.8, 4) is 0 Å². The summed E-state index contributed by atoms with van der Waals surface area (Å²) in [5.41, 5.74) is 1.11.